The predicted octanol–water partition coefficient (Wildman–Crippen LogP) is 3.78. The van der Waals surface area contributed by atoms with Gasteiger partial charge >= 0.3 is 0 Å². The van der Waals surface area contributed by atoms with Crippen LogP contribution in [0.4, 0.5) is 0 Å². The molecule has 0 radical (unpaired) electrons. The first-order valence-electron chi connectivity index (χ1n) is 8.76. The summed E-state index contributed by atoms with van der Waals surface area (Å²) in [5.74, 6) is 3.26. The van der Waals surface area contributed by atoms with Gasteiger partial charge in [-0.3, -0.25) is 0 Å². The van der Waals surface area contributed by atoms with Crippen LogP contribution in [-0.2, 0) is 5.41 Å². The molecule has 2 fully saturated rings. The summed E-state index contributed by atoms with van der Waals surface area (Å²) in [5.41, 5.74) is 0.0307. The quantitative estimate of drug-likeness (QED) is 0.917. The fourth-order valence-corrected chi connectivity index (χ4v) is 4.00. The topological polar surface area (TPSA) is 51.0 Å². The molecule has 4 nitrogen and oxygen atoms in total. The molecule has 1 aliphatic heterocycles. The van der Waals surface area contributed by atoms with Gasteiger partial charge in [0.2, 0.25) is 5.89 Å². The largest absolute Gasteiger partial charge is 0.339 e. The third-order valence-corrected chi connectivity index (χ3v) is 5.46. The molecule has 0 bridgehead atoms. The lowest BCUT2D eigenvalue weighted by Crippen LogP contribution is -2.41. The van der Waals surface area contributed by atoms with E-state index in [0.717, 1.165) is 37.1 Å². The fourth-order valence-electron chi connectivity index (χ4n) is 4.00. The number of rotatable bonds is 4. The van der Waals surface area contributed by atoms with Gasteiger partial charge in [-0.2, -0.15) is 4.98 Å². The van der Waals surface area contributed by atoms with E-state index in [2.05, 4.69) is 24.3 Å². The minimum atomic E-state index is 0.0307. The van der Waals surface area contributed by atoms with Gasteiger partial charge < -0.3 is 9.84 Å². The van der Waals surface area contributed by atoms with E-state index in [4.69, 9.17) is 9.51 Å². The van der Waals surface area contributed by atoms with Crippen LogP contribution in [0.3, 0.4) is 0 Å². The minimum absolute atomic E-state index is 0.0307. The fraction of sp³-hybridized carbons (Fsp3) is 0.882. The molecule has 21 heavy (non-hydrogen) atoms. The molecular weight excluding hydrogens is 262 g/mol. The van der Waals surface area contributed by atoms with Gasteiger partial charge in [-0.15, -0.1) is 0 Å². The van der Waals surface area contributed by atoms with Crippen LogP contribution in [0, 0.1) is 5.92 Å². The van der Waals surface area contributed by atoms with Crippen LogP contribution in [0.5, 0.6) is 0 Å². The molecule has 1 saturated heterocycles. The highest BCUT2D eigenvalue weighted by Crippen LogP contribution is 2.37. The van der Waals surface area contributed by atoms with Crippen LogP contribution in [-0.4, -0.2) is 23.2 Å². The van der Waals surface area contributed by atoms with Crippen molar-refractivity contribution in [3.05, 3.63) is 11.7 Å². The van der Waals surface area contributed by atoms with Crippen molar-refractivity contribution in [3.8, 4) is 0 Å². The van der Waals surface area contributed by atoms with Gasteiger partial charge in [0.1, 0.15) is 0 Å². The van der Waals surface area contributed by atoms with E-state index in [-0.39, 0.29) is 5.41 Å². The van der Waals surface area contributed by atoms with E-state index in [1.807, 2.05) is 0 Å². The average Bonchev–Trinajstić information content (AvgIpc) is 3.00. The van der Waals surface area contributed by atoms with E-state index in [0.29, 0.717) is 5.92 Å². The summed E-state index contributed by atoms with van der Waals surface area (Å²) in [6, 6.07) is 0. The summed E-state index contributed by atoms with van der Waals surface area (Å²) in [5, 5.41) is 7.77. The Morgan fingerprint density at radius 3 is 2.76 bits per heavy atom. The first kappa shape index (κ1) is 15.0. The lowest BCUT2D eigenvalue weighted by molar-refractivity contribution is 0.243. The molecule has 4 heteroatoms. The summed E-state index contributed by atoms with van der Waals surface area (Å²) in [7, 11) is 0. The maximum atomic E-state index is 5.63. The Hall–Kier alpha value is -0.900. The molecule has 0 aromatic carbocycles. The van der Waals surface area contributed by atoms with Gasteiger partial charge in [0, 0.05) is 12.5 Å². The molecule has 1 atom stereocenters. The van der Waals surface area contributed by atoms with Gasteiger partial charge in [-0.25, -0.2) is 0 Å². The van der Waals surface area contributed by atoms with Crippen LogP contribution >= 0.6 is 0 Å². The smallest absolute Gasteiger partial charge is 0.233 e. The summed E-state index contributed by atoms with van der Waals surface area (Å²) < 4.78 is 5.63. The van der Waals surface area contributed by atoms with E-state index in [1.165, 1.54) is 44.9 Å². The second-order valence-electron chi connectivity index (χ2n) is 7.31. The molecule has 1 aliphatic carbocycles. The van der Waals surface area contributed by atoms with Crippen LogP contribution in [0.2, 0.25) is 0 Å². The number of hydrogen-bond donors (Lipinski definition) is 1. The molecule has 2 aliphatic rings. The number of piperidine rings is 1. The Morgan fingerprint density at radius 1 is 1.29 bits per heavy atom. The second-order valence-corrected chi connectivity index (χ2v) is 7.31. The molecule has 118 valence electrons. The van der Waals surface area contributed by atoms with Crippen molar-refractivity contribution in [1.29, 1.82) is 0 Å². The lowest BCUT2D eigenvalue weighted by atomic mass is 9.79. The first-order valence-corrected chi connectivity index (χ1v) is 8.76. The average molecular weight is 291 g/mol. The Kier molecular flexibility index (Phi) is 4.63. The Bertz CT molecular complexity index is 443. The van der Waals surface area contributed by atoms with Crippen LogP contribution < -0.4 is 5.32 Å². The Labute approximate surface area is 128 Å². The molecule has 1 unspecified atom stereocenters. The van der Waals surface area contributed by atoms with Crippen LogP contribution in [0.15, 0.2) is 4.52 Å². The third kappa shape index (κ3) is 3.31. The number of nitrogens with one attached hydrogen (secondary N) is 1. The summed E-state index contributed by atoms with van der Waals surface area (Å²) in [4.78, 5) is 4.78. The van der Waals surface area contributed by atoms with E-state index >= 15 is 0 Å². The minimum Gasteiger partial charge on any atom is -0.339 e. The monoisotopic (exact) mass is 291 g/mol. The highest BCUT2D eigenvalue weighted by molar-refractivity contribution is 5.08. The first-order chi connectivity index (χ1) is 10.2. The molecule has 2 heterocycles. The van der Waals surface area contributed by atoms with Crippen molar-refractivity contribution < 1.29 is 4.52 Å². The molecular formula is C17H29N3O. The normalized spacial score (nSPS) is 34.0. The predicted molar refractivity (Wildman–Crippen MR) is 83.4 cm³/mol. The maximum Gasteiger partial charge on any atom is 0.233 e. The highest BCUT2D eigenvalue weighted by Gasteiger charge is 2.35. The number of hydrogen-bond acceptors (Lipinski definition) is 4. The zero-order valence-corrected chi connectivity index (χ0v) is 13.5. The van der Waals surface area contributed by atoms with Crippen LogP contribution in [0.1, 0.15) is 82.8 Å². The van der Waals surface area contributed by atoms with Crippen LogP contribution in [0.25, 0.3) is 0 Å². The molecule has 1 aromatic heterocycles. The molecule has 0 amide bonds. The van der Waals surface area contributed by atoms with E-state index in [9.17, 15) is 0 Å². The molecule has 1 saturated carbocycles. The number of nitrogens with zero attached hydrogens (tertiary/aromatic N) is 2. The summed E-state index contributed by atoms with van der Waals surface area (Å²) in [6.45, 7) is 6.60. The van der Waals surface area contributed by atoms with Crippen molar-refractivity contribution >= 4 is 0 Å². The Morgan fingerprint density at radius 2 is 2.10 bits per heavy atom. The second kappa shape index (κ2) is 6.47. The zero-order chi connectivity index (χ0) is 14.7. The number of aromatic nitrogens is 2. The lowest BCUT2D eigenvalue weighted by Gasteiger charge is -2.30. The molecule has 1 aromatic rings. The molecule has 0 spiro atoms. The van der Waals surface area contributed by atoms with Crippen molar-refractivity contribution in [3.63, 3.8) is 0 Å². The highest BCUT2D eigenvalue weighted by atomic mass is 16.5. The zero-order valence-electron chi connectivity index (χ0n) is 13.5. The Balaban J connectivity index is 1.63. The van der Waals surface area contributed by atoms with E-state index < -0.39 is 0 Å². The van der Waals surface area contributed by atoms with Gasteiger partial charge in [0.25, 0.3) is 0 Å². The van der Waals surface area contributed by atoms with Crippen molar-refractivity contribution in [2.24, 2.45) is 5.92 Å². The SMILES string of the molecule is CCCC1CCC(c2noc(C3(C)CCCNC3)n2)CC1. The van der Waals surface area contributed by atoms with Gasteiger partial charge in [-0.1, -0.05) is 24.9 Å². The summed E-state index contributed by atoms with van der Waals surface area (Å²) in [6.07, 6.45) is 10.2. The molecule has 3 rings (SSSR count). The van der Waals surface area contributed by atoms with Crippen molar-refractivity contribution in [2.45, 2.75) is 76.5 Å². The maximum absolute atomic E-state index is 5.63. The van der Waals surface area contributed by atoms with Gasteiger partial charge in [-0.05, 0) is 57.9 Å². The van der Waals surface area contributed by atoms with E-state index in [1.54, 1.807) is 0 Å². The van der Waals surface area contributed by atoms with Gasteiger partial charge in [0.15, 0.2) is 5.82 Å². The molecule has 1 N–H and O–H groups in total. The standard InChI is InChI=1S/C17H29N3O/c1-3-5-13-6-8-14(9-7-13)15-19-16(21-20-15)17(2)10-4-11-18-12-17/h13-14,18H,3-12H2,1-2H3. The van der Waals surface area contributed by atoms with Crippen molar-refractivity contribution in [2.75, 3.05) is 13.1 Å². The van der Waals surface area contributed by atoms with Gasteiger partial charge in [0.05, 0.1) is 5.41 Å². The summed E-state index contributed by atoms with van der Waals surface area (Å²) >= 11 is 0. The van der Waals surface area contributed by atoms with Crippen molar-refractivity contribution in [1.82, 2.24) is 15.5 Å². The third-order valence-electron chi connectivity index (χ3n) is 5.46.